The highest BCUT2D eigenvalue weighted by Gasteiger charge is 2.35. The van der Waals surface area contributed by atoms with Gasteiger partial charge in [-0.1, -0.05) is 0 Å². The van der Waals surface area contributed by atoms with Gasteiger partial charge in [0.1, 0.15) is 0 Å². The lowest BCUT2D eigenvalue weighted by molar-refractivity contribution is -0.137. The van der Waals surface area contributed by atoms with Gasteiger partial charge >= 0.3 is 0 Å². The van der Waals surface area contributed by atoms with Crippen molar-refractivity contribution in [2.75, 3.05) is 40.3 Å². The van der Waals surface area contributed by atoms with Crippen molar-refractivity contribution in [1.29, 1.82) is 0 Å². The van der Waals surface area contributed by atoms with Gasteiger partial charge in [-0.05, 0) is 39.9 Å². The zero-order valence-corrected chi connectivity index (χ0v) is 10.4. The van der Waals surface area contributed by atoms with Crippen LogP contribution in [0.25, 0.3) is 0 Å². The number of hydrogen-bond donors (Lipinski definition) is 1. The summed E-state index contributed by atoms with van der Waals surface area (Å²) in [6.07, 6.45) is 3.35. The molecular weight excluding hydrogens is 202 g/mol. The molecule has 4 heteroatoms. The minimum Gasteiger partial charge on any atom is -0.342 e. The van der Waals surface area contributed by atoms with Gasteiger partial charge in [0.25, 0.3) is 0 Å². The standard InChI is InChI=1S/C12H23N3O/c1-14(2)11-9-13-6-5-10(11)12(16)15-7-3-4-8-15/h10-11,13H,3-9H2,1-2H3/t10-,11-/m1/s1. The molecule has 4 nitrogen and oxygen atoms in total. The van der Waals surface area contributed by atoms with Crippen LogP contribution in [0.15, 0.2) is 0 Å². The molecule has 2 fully saturated rings. The first-order valence-corrected chi connectivity index (χ1v) is 6.36. The van der Waals surface area contributed by atoms with Gasteiger partial charge in [0.15, 0.2) is 0 Å². The molecule has 2 heterocycles. The summed E-state index contributed by atoms with van der Waals surface area (Å²) >= 11 is 0. The third-order valence-electron chi connectivity index (χ3n) is 3.85. The van der Waals surface area contributed by atoms with Crippen LogP contribution in [0.4, 0.5) is 0 Å². The summed E-state index contributed by atoms with van der Waals surface area (Å²) in [5, 5.41) is 3.38. The molecule has 2 aliphatic heterocycles. The molecule has 2 aliphatic rings. The summed E-state index contributed by atoms with van der Waals surface area (Å²) in [6, 6.07) is 0.363. The van der Waals surface area contributed by atoms with Gasteiger partial charge in [-0.2, -0.15) is 0 Å². The van der Waals surface area contributed by atoms with Crippen molar-refractivity contribution in [1.82, 2.24) is 15.1 Å². The van der Waals surface area contributed by atoms with E-state index in [1.807, 2.05) is 0 Å². The van der Waals surface area contributed by atoms with E-state index in [1.165, 1.54) is 12.8 Å². The van der Waals surface area contributed by atoms with E-state index in [0.29, 0.717) is 11.9 Å². The van der Waals surface area contributed by atoms with Crippen molar-refractivity contribution >= 4 is 5.91 Å². The van der Waals surface area contributed by atoms with E-state index in [0.717, 1.165) is 32.6 Å². The fraction of sp³-hybridized carbons (Fsp3) is 0.917. The Labute approximate surface area is 98.0 Å². The number of amides is 1. The quantitative estimate of drug-likeness (QED) is 0.726. The van der Waals surface area contributed by atoms with Crippen molar-refractivity contribution in [3.8, 4) is 0 Å². The Morgan fingerprint density at radius 1 is 1.31 bits per heavy atom. The van der Waals surface area contributed by atoms with Crippen LogP contribution < -0.4 is 5.32 Å². The number of nitrogens with one attached hydrogen (secondary N) is 1. The van der Waals surface area contributed by atoms with Crippen molar-refractivity contribution in [2.24, 2.45) is 5.92 Å². The van der Waals surface area contributed by atoms with Gasteiger partial charge in [0.2, 0.25) is 5.91 Å². The third-order valence-corrected chi connectivity index (χ3v) is 3.85. The Morgan fingerprint density at radius 3 is 2.62 bits per heavy atom. The van der Waals surface area contributed by atoms with Gasteiger partial charge in [-0.15, -0.1) is 0 Å². The molecule has 0 aromatic rings. The fourth-order valence-corrected chi connectivity index (χ4v) is 2.84. The fourth-order valence-electron chi connectivity index (χ4n) is 2.84. The van der Waals surface area contributed by atoms with Gasteiger partial charge < -0.3 is 15.1 Å². The molecule has 2 saturated heterocycles. The Hall–Kier alpha value is -0.610. The average molecular weight is 225 g/mol. The second kappa shape index (κ2) is 5.15. The Kier molecular flexibility index (Phi) is 3.82. The van der Waals surface area contributed by atoms with Gasteiger partial charge in [-0.3, -0.25) is 4.79 Å². The maximum Gasteiger partial charge on any atom is 0.227 e. The largest absolute Gasteiger partial charge is 0.342 e. The van der Waals surface area contributed by atoms with Crippen LogP contribution in [-0.4, -0.2) is 62.0 Å². The molecule has 1 N–H and O–H groups in total. The average Bonchev–Trinajstić information content (AvgIpc) is 2.81. The molecule has 2 atom stereocenters. The van der Waals surface area contributed by atoms with Crippen LogP contribution >= 0.6 is 0 Å². The number of piperidine rings is 1. The van der Waals surface area contributed by atoms with Gasteiger partial charge in [-0.25, -0.2) is 0 Å². The predicted molar refractivity (Wildman–Crippen MR) is 64.3 cm³/mol. The summed E-state index contributed by atoms with van der Waals surface area (Å²) in [4.78, 5) is 16.6. The summed E-state index contributed by atoms with van der Waals surface area (Å²) in [6.45, 7) is 3.87. The molecule has 1 amide bonds. The predicted octanol–water partition coefficient (Wildman–Crippen LogP) is 0.149. The van der Waals surface area contributed by atoms with E-state index < -0.39 is 0 Å². The van der Waals surface area contributed by atoms with Crippen LogP contribution in [-0.2, 0) is 4.79 Å². The van der Waals surface area contributed by atoms with Gasteiger partial charge in [0, 0.05) is 25.7 Å². The molecular formula is C12H23N3O. The molecule has 0 spiro atoms. The van der Waals surface area contributed by atoms with Crippen molar-refractivity contribution in [3.05, 3.63) is 0 Å². The minimum atomic E-state index is 0.203. The van der Waals surface area contributed by atoms with Crippen LogP contribution in [0.5, 0.6) is 0 Å². The smallest absolute Gasteiger partial charge is 0.227 e. The van der Waals surface area contributed by atoms with E-state index >= 15 is 0 Å². The number of likely N-dealkylation sites (tertiary alicyclic amines) is 1. The normalized spacial score (nSPS) is 31.1. The molecule has 0 aromatic carbocycles. The number of rotatable bonds is 2. The Balaban J connectivity index is 2.01. The molecule has 0 aromatic heterocycles. The number of likely N-dealkylation sites (N-methyl/N-ethyl adjacent to an activating group) is 1. The van der Waals surface area contributed by atoms with E-state index in [-0.39, 0.29) is 5.92 Å². The molecule has 0 unspecified atom stereocenters. The van der Waals surface area contributed by atoms with Crippen LogP contribution in [0.2, 0.25) is 0 Å². The second-order valence-corrected chi connectivity index (χ2v) is 5.16. The van der Waals surface area contributed by atoms with Gasteiger partial charge in [0.05, 0.1) is 5.92 Å². The number of carbonyl (C=O) groups is 1. The Bertz CT molecular complexity index is 249. The summed E-state index contributed by atoms with van der Waals surface area (Å²) in [5.41, 5.74) is 0. The maximum atomic E-state index is 12.4. The van der Waals surface area contributed by atoms with Crippen LogP contribution in [0.3, 0.4) is 0 Å². The molecule has 92 valence electrons. The lowest BCUT2D eigenvalue weighted by Gasteiger charge is -2.37. The van der Waals surface area contributed by atoms with E-state index in [9.17, 15) is 4.79 Å². The molecule has 0 radical (unpaired) electrons. The molecule has 0 bridgehead atoms. The number of carbonyl (C=O) groups excluding carboxylic acids is 1. The first-order valence-electron chi connectivity index (χ1n) is 6.36. The summed E-state index contributed by atoms with van der Waals surface area (Å²) in [7, 11) is 4.14. The van der Waals surface area contributed by atoms with Crippen molar-refractivity contribution < 1.29 is 4.79 Å². The van der Waals surface area contributed by atoms with E-state index in [4.69, 9.17) is 0 Å². The lowest BCUT2D eigenvalue weighted by Crippen LogP contribution is -2.53. The lowest BCUT2D eigenvalue weighted by atomic mass is 9.90. The summed E-state index contributed by atoms with van der Waals surface area (Å²) in [5.74, 6) is 0.590. The second-order valence-electron chi connectivity index (χ2n) is 5.16. The third kappa shape index (κ3) is 2.38. The maximum absolute atomic E-state index is 12.4. The highest BCUT2D eigenvalue weighted by molar-refractivity contribution is 5.80. The Morgan fingerprint density at radius 2 is 2.00 bits per heavy atom. The first-order chi connectivity index (χ1) is 7.70. The van der Waals surface area contributed by atoms with Crippen LogP contribution in [0, 0.1) is 5.92 Å². The van der Waals surface area contributed by atoms with Crippen molar-refractivity contribution in [2.45, 2.75) is 25.3 Å². The highest BCUT2D eigenvalue weighted by atomic mass is 16.2. The highest BCUT2D eigenvalue weighted by Crippen LogP contribution is 2.21. The molecule has 16 heavy (non-hydrogen) atoms. The first kappa shape index (κ1) is 11.9. The zero-order chi connectivity index (χ0) is 11.5. The molecule has 0 saturated carbocycles. The van der Waals surface area contributed by atoms with Crippen molar-refractivity contribution in [3.63, 3.8) is 0 Å². The summed E-state index contributed by atoms with van der Waals surface area (Å²) < 4.78 is 0. The SMILES string of the molecule is CN(C)[C@@H]1CNCC[C@H]1C(=O)N1CCCC1. The topological polar surface area (TPSA) is 35.6 Å². The van der Waals surface area contributed by atoms with E-state index in [1.54, 1.807) is 0 Å². The monoisotopic (exact) mass is 225 g/mol. The van der Waals surface area contributed by atoms with E-state index in [2.05, 4.69) is 29.2 Å². The minimum absolute atomic E-state index is 0.203. The van der Waals surface area contributed by atoms with Crippen LogP contribution in [0.1, 0.15) is 19.3 Å². The molecule has 2 rings (SSSR count). The number of hydrogen-bond acceptors (Lipinski definition) is 3. The number of nitrogens with zero attached hydrogens (tertiary/aromatic N) is 2. The zero-order valence-electron chi connectivity index (χ0n) is 10.4. The molecule has 0 aliphatic carbocycles.